The van der Waals surface area contributed by atoms with E-state index in [9.17, 15) is 0 Å². The first kappa shape index (κ1) is 12.4. The second-order valence-corrected chi connectivity index (χ2v) is 5.39. The van der Waals surface area contributed by atoms with Crippen LogP contribution >= 0.6 is 0 Å². The van der Waals surface area contributed by atoms with E-state index < -0.39 is 0 Å². The molecule has 0 bridgehead atoms. The lowest BCUT2D eigenvalue weighted by atomic mass is 10.0. The predicted octanol–water partition coefficient (Wildman–Crippen LogP) is 3.11. The number of benzene rings is 1. The van der Waals surface area contributed by atoms with Crippen molar-refractivity contribution in [2.75, 3.05) is 18.0 Å². The Morgan fingerprint density at radius 3 is 2.76 bits per heavy atom. The minimum absolute atomic E-state index is 0.143. The van der Waals surface area contributed by atoms with Crippen LogP contribution in [-0.2, 0) is 6.42 Å². The van der Waals surface area contributed by atoms with Crippen LogP contribution in [0.2, 0.25) is 0 Å². The summed E-state index contributed by atoms with van der Waals surface area (Å²) in [6.07, 6.45) is 2.43. The van der Waals surface area contributed by atoms with Crippen molar-refractivity contribution in [2.24, 2.45) is 11.7 Å². The van der Waals surface area contributed by atoms with Crippen molar-refractivity contribution in [3.8, 4) is 0 Å². The van der Waals surface area contributed by atoms with Crippen LogP contribution in [0.15, 0.2) is 18.2 Å². The monoisotopic (exact) mass is 232 g/mol. The van der Waals surface area contributed by atoms with Crippen LogP contribution in [0.5, 0.6) is 0 Å². The van der Waals surface area contributed by atoms with E-state index in [1.54, 1.807) is 0 Å². The Bertz CT molecular complexity index is 385. The molecule has 2 atom stereocenters. The summed E-state index contributed by atoms with van der Waals surface area (Å²) in [6, 6.07) is 6.86. The molecule has 0 aromatic heterocycles. The van der Waals surface area contributed by atoms with E-state index in [0.717, 1.165) is 5.92 Å². The van der Waals surface area contributed by atoms with Crippen LogP contribution in [0.4, 0.5) is 5.69 Å². The largest absolute Gasteiger partial charge is 0.371 e. The first-order valence-electron chi connectivity index (χ1n) is 6.75. The van der Waals surface area contributed by atoms with Gasteiger partial charge in [0.25, 0.3) is 0 Å². The van der Waals surface area contributed by atoms with E-state index >= 15 is 0 Å². The summed E-state index contributed by atoms with van der Waals surface area (Å²) < 4.78 is 0. The van der Waals surface area contributed by atoms with Crippen molar-refractivity contribution < 1.29 is 0 Å². The molecular formula is C15H24N2. The van der Waals surface area contributed by atoms with Crippen LogP contribution in [-0.4, -0.2) is 13.1 Å². The van der Waals surface area contributed by atoms with Crippen molar-refractivity contribution in [1.82, 2.24) is 0 Å². The second-order valence-electron chi connectivity index (χ2n) is 5.39. The highest BCUT2D eigenvalue weighted by Crippen LogP contribution is 2.30. The molecule has 1 aromatic rings. The lowest BCUT2D eigenvalue weighted by molar-refractivity contribution is 0.550. The highest BCUT2D eigenvalue weighted by atomic mass is 15.1. The van der Waals surface area contributed by atoms with Gasteiger partial charge in [-0.05, 0) is 36.5 Å². The molecule has 0 radical (unpaired) electrons. The van der Waals surface area contributed by atoms with Gasteiger partial charge in [-0.25, -0.2) is 0 Å². The molecule has 0 saturated carbocycles. The summed E-state index contributed by atoms with van der Waals surface area (Å²) in [6.45, 7) is 8.99. The maximum absolute atomic E-state index is 5.93. The van der Waals surface area contributed by atoms with Gasteiger partial charge in [-0.1, -0.05) is 32.4 Å². The number of hydrogen-bond donors (Lipinski definition) is 1. The van der Waals surface area contributed by atoms with E-state index in [0.29, 0.717) is 0 Å². The maximum atomic E-state index is 5.93. The Labute approximate surface area is 105 Å². The van der Waals surface area contributed by atoms with Gasteiger partial charge >= 0.3 is 0 Å². The summed E-state index contributed by atoms with van der Waals surface area (Å²) in [5, 5.41) is 0. The third-order valence-corrected chi connectivity index (χ3v) is 3.85. The molecule has 0 spiro atoms. The van der Waals surface area contributed by atoms with Crippen LogP contribution in [0, 0.1) is 5.92 Å². The summed E-state index contributed by atoms with van der Waals surface area (Å²) in [5.74, 6) is 0.772. The Balaban J connectivity index is 2.16. The highest BCUT2D eigenvalue weighted by Gasteiger charge is 2.20. The summed E-state index contributed by atoms with van der Waals surface area (Å²) in [7, 11) is 0. The van der Waals surface area contributed by atoms with Gasteiger partial charge in [-0.3, -0.25) is 0 Å². The minimum atomic E-state index is 0.143. The molecule has 2 heteroatoms. The standard InChI is InChI=1S/C15H24N2/c1-4-11(2)10-17-8-7-14-9-13(12(3)16)5-6-15(14)17/h5-6,9,11-12H,4,7-8,10,16H2,1-3H3. The molecule has 2 unspecified atom stereocenters. The summed E-state index contributed by atoms with van der Waals surface area (Å²) >= 11 is 0. The van der Waals surface area contributed by atoms with Crippen molar-refractivity contribution in [3.05, 3.63) is 29.3 Å². The number of fused-ring (bicyclic) bond motifs is 1. The zero-order chi connectivity index (χ0) is 12.4. The van der Waals surface area contributed by atoms with Crippen LogP contribution in [0.25, 0.3) is 0 Å². The molecule has 1 aliphatic rings. The number of nitrogens with zero attached hydrogens (tertiary/aromatic N) is 1. The Hall–Kier alpha value is -1.02. The van der Waals surface area contributed by atoms with Crippen molar-refractivity contribution >= 4 is 5.69 Å². The lowest BCUT2D eigenvalue weighted by Crippen LogP contribution is -2.26. The third-order valence-electron chi connectivity index (χ3n) is 3.85. The zero-order valence-corrected chi connectivity index (χ0v) is 11.2. The van der Waals surface area contributed by atoms with Gasteiger partial charge in [0.15, 0.2) is 0 Å². The molecule has 0 fully saturated rings. The van der Waals surface area contributed by atoms with Crippen LogP contribution in [0.3, 0.4) is 0 Å². The smallest absolute Gasteiger partial charge is 0.0399 e. The predicted molar refractivity (Wildman–Crippen MR) is 74.4 cm³/mol. The van der Waals surface area contributed by atoms with Gasteiger partial charge < -0.3 is 10.6 Å². The summed E-state index contributed by atoms with van der Waals surface area (Å²) in [5.41, 5.74) is 10.1. The molecule has 2 N–H and O–H groups in total. The number of rotatable bonds is 4. The first-order valence-corrected chi connectivity index (χ1v) is 6.75. The molecule has 94 valence electrons. The van der Waals surface area contributed by atoms with Gasteiger partial charge in [-0.2, -0.15) is 0 Å². The maximum Gasteiger partial charge on any atom is 0.0399 e. The van der Waals surface area contributed by atoms with Gasteiger partial charge in [0, 0.05) is 24.8 Å². The quantitative estimate of drug-likeness (QED) is 0.864. The number of nitrogens with two attached hydrogens (primary N) is 1. The van der Waals surface area contributed by atoms with Crippen LogP contribution < -0.4 is 10.6 Å². The molecule has 0 amide bonds. The van der Waals surface area contributed by atoms with E-state index in [-0.39, 0.29) is 6.04 Å². The molecule has 0 saturated heterocycles. The van der Waals surface area contributed by atoms with Crippen molar-refractivity contribution in [3.63, 3.8) is 0 Å². The Kier molecular flexibility index (Phi) is 3.72. The Morgan fingerprint density at radius 1 is 1.35 bits per heavy atom. The molecule has 1 aliphatic heterocycles. The van der Waals surface area contributed by atoms with Crippen LogP contribution in [0.1, 0.15) is 44.4 Å². The summed E-state index contributed by atoms with van der Waals surface area (Å²) in [4.78, 5) is 2.52. The minimum Gasteiger partial charge on any atom is -0.371 e. The average molecular weight is 232 g/mol. The number of hydrogen-bond acceptors (Lipinski definition) is 2. The topological polar surface area (TPSA) is 29.3 Å². The molecule has 0 aliphatic carbocycles. The SMILES string of the molecule is CCC(C)CN1CCc2cc(C(C)N)ccc21. The molecule has 2 rings (SSSR count). The van der Waals surface area contributed by atoms with E-state index in [4.69, 9.17) is 5.73 Å². The zero-order valence-electron chi connectivity index (χ0n) is 11.2. The fourth-order valence-corrected chi connectivity index (χ4v) is 2.47. The van der Waals surface area contributed by atoms with E-state index in [1.165, 1.54) is 42.7 Å². The normalized spacial score (nSPS) is 18.0. The second kappa shape index (κ2) is 5.09. The Morgan fingerprint density at radius 2 is 2.12 bits per heavy atom. The molecule has 1 heterocycles. The fourth-order valence-electron chi connectivity index (χ4n) is 2.47. The fraction of sp³-hybridized carbons (Fsp3) is 0.600. The number of anilines is 1. The molecular weight excluding hydrogens is 208 g/mol. The molecule has 1 aromatic carbocycles. The third kappa shape index (κ3) is 2.63. The van der Waals surface area contributed by atoms with E-state index in [1.807, 2.05) is 6.92 Å². The van der Waals surface area contributed by atoms with Gasteiger partial charge in [-0.15, -0.1) is 0 Å². The van der Waals surface area contributed by atoms with Crippen molar-refractivity contribution in [2.45, 2.75) is 39.7 Å². The average Bonchev–Trinajstić information content (AvgIpc) is 2.71. The highest BCUT2D eigenvalue weighted by molar-refractivity contribution is 5.59. The van der Waals surface area contributed by atoms with Gasteiger partial charge in [0.2, 0.25) is 0 Å². The van der Waals surface area contributed by atoms with Crippen molar-refractivity contribution in [1.29, 1.82) is 0 Å². The molecule has 2 nitrogen and oxygen atoms in total. The van der Waals surface area contributed by atoms with Gasteiger partial charge in [0.05, 0.1) is 0 Å². The molecule has 17 heavy (non-hydrogen) atoms. The van der Waals surface area contributed by atoms with Gasteiger partial charge in [0.1, 0.15) is 0 Å². The first-order chi connectivity index (χ1) is 8.11. The van der Waals surface area contributed by atoms with E-state index in [2.05, 4.69) is 36.9 Å². The lowest BCUT2D eigenvalue weighted by Gasteiger charge is -2.23.